The largest absolute Gasteiger partial charge is 0.489 e. The van der Waals surface area contributed by atoms with Gasteiger partial charge in [-0.25, -0.2) is 13.6 Å². The molecule has 0 aliphatic carbocycles. The molecule has 2 atom stereocenters. The van der Waals surface area contributed by atoms with Gasteiger partial charge in [-0.1, -0.05) is 54.6 Å². The predicted octanol–water partition coefficient (Wildman–Crippen LogP) is 3.15. The summed E-state index contributed by atoms with van der Waals surface area (Å²) in [6.07, 6.45) is 0. The Balaban J connectivity index is 1.52. The first-order valence-electron chi connectivity index (χ1n) is 10.3. The van der Waals surface area contributed by atoms with Crippen molar-refractivity contribution in [1.29, 1.82) is 0 Å². The number of hydrogen-bond acceptors (Lipinski definition) is 5. The number of hydrogen-bond donors (Lipinski definition) is 2. The number of fused-ring (bicyclic) bond motifs is 1. The van der Waals surface area contributed by atoms with Crippen LogP contribution in [0.5, 0.6) is 5.75 Å². The molecule has 0 bridgehead atoms. The highest BCUT2D eigenvalue weighted by atomic mass is 32.2. The van der Waals surface area contributed by atoms with Crippen molar-refractivity contribution < 1.29 is 17.9 Å². The molecule has 1 amide bonds. The smallest absolute Gasteiger partial charge is 0.241 e. The van der Waals surface area contributed by atoms with E-state index in [1.54, 1.807) is 17.0 Å². The molecule has 0 saturated carbocycles. The third kappa shape index (κ3) is 4.67. The van der Waals surface area contributed by atoms with Crippen LogP contribution >= 0.6 is 0 Å². The number of nitrogens with zero attached hydrogens (tertiary/aromatic N) is 1. The van der Waals surface area contributed by atoms with Crippen LogP contribution in [0.4, 0.5) is 5.69 Å². The van der Waals surface area contributed by atoms with Crippen molar-refractivity contribution in [2.24, 2.45) is 5.14 Å². The molecule has 3 aromatic rings. The molecular weight excluding hydrogens is 426 g/mol. The minimum atomic E-state index is -3.74. The van der Waals surface area contributed by atoms with Crippen molar-refractivity contribution >= 4 is 21.6 Å². The zero-order valence-electron chi connectivity index (χ0n) is 17.6. The fourth-order valence-electron chi connectivity index (χ4n) is 3.81. The number of anilines is 1. The highest BCUT2D eigenvalue weighted by Gasteiger charge is 2.33. The number of nitrogens with two attached hydrogens (primary N) is 1. The van der Waals surface area contributed by atoms with Crippen LogP contribution in [0.2, 0.25) is 0 Å². The third-order valence-electron chi connectivity index (χ3n) is 5.55. The van der Waals surface area contributed by atoms with Gasteiger partial charge >= 0.3 is 0 Å². The molecule has 3 N–H and O–H groups in total. The van der Waals surface area contributed by atoms with E-state index in [0.717, 1.165) is 16.8 Å². The van der Waals surface area contributed by atoms with E-state index in [9.17, 15) is 13.2 Å². The van der Waals surface area contributed by atoms with Crippen LogP contribution in [-0.2, 0) is 14.8 Å². The molecule has 0 radical (unpaired) electrons. The Morgan fingerprint density at radius 1 is 1.06 bits per heavy atom. The van der Waals surface area contributed by atoms with Gasteiger partial charge in [-0.2, -0.15) is 0 Å². The Labute approximate surface area is 187 Å². The molecule has 0 saturated heterocycles. The summed E-state index contributed by atoms with van der Waals surface area (Å²) in [6.45, 7) is 2.40. The maximum Gasteiger partial charge on any atom is 0.241 e. The van der Waals surface area contributed by atoms with Gasteiger partial charge in [0.1, 0.15) is 12.4 Å². The summed E-state index contributed by atoms with van der Waals surface area (Å²) in [5.41, 5.74) is 2.60. The minimum absolute atomic E-state index is 0.0557. The maximum atomic E-state index is 13.4. The third-order valence-corrected chi connectivity index (χ3v) is 6.48. The Bertz CT molecular complexity index is 1200. The van der Waals surface area contributed by atoms with E-state index in [4.69, 9.17) is 9.88 Å². The Morgan fingerprint density at radius 3 is 2.41 bits per heavy atom. The average Bonchev–Trinajstić information content (AvgIpc) is 2.81. The lowest BCUT2D eigenvalue weighted by atomic mass is 10.0. The summed E-state index contributed by atoms with van der Waals surface area (Å²) in [5, 5.41) is 8.40. The van der Waals surface area contributed by atoms with E-state index < -0.39 is 10.0 Å². The zero-order chi connectivity index (χ0) is 22.7. The van der Waals surface area contributed by atoms with Crippen LogP contribution in [0.25, 0.3) is 0 Å². The molecule has 0 spiro atoms. The number of rotatable bonds is 6. The molecule has 0 aromatic heterocycles. The van der Waals surface area contributed by atoms with Crippen LogP contribution in [0.15, 0.2) is 83.8 Å². The molecule has 7 nitrogen and oxygen atoms in total. The summed E-state index contributed by atoms with van der Waals surface area (Å²) >= 11 is 0. The van der Waals surface area contributed by atoms with E-state index in [-0.39, 0.29) is 29.4 Å². The van der Waals surface area contributed by atoms with E-state index in [0.29, 0.717) is 12.4 Å². The van der Waals surface area contributed by atoms with Crippen LogP contribution in [0.1, 0.15) is 30.1 Å². The molecule has 8 heteroatoms. The van der Waals surface area contributed by atoms with Crippen molar-refractivity contribution in [3.05, 3.63) is 90.0 Å². The first kappa shape index (κ1) is 22.0. The summed E-state index contributed by atoms with van der Waals surface area (Å²) in [7, 11) is -3.74. The van der Waals surface area contributed by atoms with Gasteiger partial charge in [0.2, 0.25) is 15.9 Å². The van der Waals surface area contributed by atoms with Gasteiger partial charge in [0, 0.05) is 6.04 Å². The van der Waals surface area contributed by atoms with Crippen molar-refractivity contribution in [3.8, 4) is 5.75 Å². The van der Waals surface area contributed by atoms with E-state index in [1.807, 2.05) is 61.5 Å². The number of sulfonamides is 1. The normalized spacial score (nSPS) is 16.7. The number of nitrogens with one attached hydrogen (secondary N) is 1. The van der Waals surface area contributed by atoms with Crippen LogP contribution in [0, 0.1) is 0 Å². The van der Waals surface area contributed by atoms with E-state index in [1.165, 1.54) is 12.1 Å². The van der Waals surface area contributed by atoms with E-state index >= 15 is 0 Å². The minimum Gasteiger partial charge on any atom is -0.489 e. The van der Waals surface area contributed by atoms with E-state index in [2.05, 4.69) is 5.32 Å². The van der Waals surface area contributed by atoms with Gasteiger partial charge in [0.25, 0.3) is 0 Å². The fourth-order valence-corrected chi connectivity index (χ4v) is 4.32. The highest BCUT2D eigenvalue weighted by molar-refractivity contribution is 7.89. The molecule has 1 aliphatic rings. The molecule has 1 aliphatic heterocycles. The van der Waals surface area contributed by atoms with Crippen LogP contribution in [0.3, 0.4) is 0 Å². The van der Waals surface area contributed by atoms with Crippen molar-refractivity contribution in [2.45, 2.75) is 23.9 Å². The average molecular weight is 452 g/mol. The van der Waals surface area contributed by atoms with Gasteiger partial charge < -0.3 is 10.1 Å². The fraction of sp³-hybridized carbons (Fsp3) is 0.208. The van der Waals surface area contributed by atoms with Crippen LogP contribution < -0.4 is 20.1 Å². The zero-order valence-corrected chi connectivity index (χ0v) is 18.5. The van der Waals surface area contributed by atoms with Crippen molar-refractivity contribution in [2.75, 3.05) is 18.1 Å². The number of benzene rings is 3. The SMILES string of the molecule is C[C@H](NCC(=O)N1c2ccccc2OC[C@H]1c1ccccc1)c1ccc(S(N)(=O)=O)cc1. The molecule has 32 heavy (non-hydrogen) atoms. The number of primary sulfonamides is 1. The lowest BCUT2D eigenvalue weighted by Gasteiger charge is -2.37. The molecule has 4 rings (SSSR count). The summed E-state index contributed by atoms with van der Waals surface area (Å²) in [4.78, 5) is 15.2. The Kier molecular flexibility index (Phi) is 6.27. The maximum absolute atomic E-state index is 13.4. The van der Waals surface area contributed by atoms with Gasteiger partial charge in [-0.15, -0.1) is 0 Å². The highest BCUT2D eigenvalue weighted by Crippen LogP contribution is 2.39. The molecule has 1 heterocycles. The molecular formula is C24H25N3O4S. The number of amides is 1. The number of carbonyl (C=O) groups excluding carboxylic acids is 1. The number of para-hydroxylation sites is 2. The second-order valence-electron chi connectivity index (χ2n) is 7.69. The van der Waals surface area contributed by atoms with Crippen molar-refractivity contribution in [3.63, 3.8) is 0 Å². The van der Waals surface area contributed by atoms with Crippen molar-refractivity contribution in [1.82, 2.24) is 5.32 Å². The molecule has 166 valence electrons. The van der Waals surface area contributed by atoms with Gasteiger partial charge in [-0.05, 0) is 42.3 Å². The number of ether oxygens (including phenoxy) is 1. The second-order valence-corrected chi connectivity index (χ2v) is 9.25. The summed E-state index contributed by atoms with van der Waals surface area (Å²) in [6, 6.07) is 23.3. The quantitative estimate of drug-likeness (QED) is 0.600. The molecule has 3 aromatic carbocycles. The lowest BCUT2D eigenvalue weighted by Crippen LogP contribution is -2.45. The van der Waals surface area contributed by atoms with Crippen LogP contribution in [-0.4, -0.2) is 27.5 Å². The second kappa shape index (κ2) is 9.12. The monoisotopic (exact) mass is 451 g/mol. The van der Waals surface area contributed by atoms with Gasteiger partial charge in [0.05, 0.1) is 23.2 Å². The first-order chi connectivity index (χ1) is 15.3. The lowest BCUT2D eigenvalue weighted by molar-refractivity contribution is -0.118. The molecule has 0 unspecified atom stereocenters. The number of carbonyl (C=O) groups is 1. The summed E-state index contributed by atoms with van der Waals surface area (Å²) < 4.78 is 28.8. The first-order valence-corrected chi connectivity index (χ1v) is 11.8. The standard InChI is InChI=1S/C24H25N3O4S/c1-17(18-11-13-20(14-12-18)32(25,29)30)26-15-24(28)27-21-9-5-6-10-23(21)31-16-22(27)19-7-3-2-4-8-19/h2-14,17,22,26H,15-16H2,1H3,(H2,25,29,30)/t17-,22-/m0/s1. The Hall–Kier alpha value is -3.20. The van der Waals surface area contributed by atoms with Gasteiger partial charge in [0.15, 0.2) is 0 Å². The molecule has 0 fully saturated rings. The topological polar surface area (TPSA) is 102 Å². The summed E-state index contributed by atoms with van der Waals surface area (Å²) in [5.74, 6) is 0.599. The van der Waals surface area contributed by atoms with Gasteiger partial charge in [-0.3, -0.25) is 9.69 Å². The predicted molar refractivity (Wildman–Crippen MR) is 123 cm³/mol. The Morgan fingerprint density at radius 2 is 1.72 bits per heavy atom.